The van der Waals surface area contributed by atoms with Crippen molar-refractivity contribution >= 4 is 25.6 Å². The van der Waals surface area contributed by atoms with E-state index in [1.165, 1.54) is 6.92 Å². The second-order valence-corrected chi connectivity index (χ2v) is 6.04. The second kappa shape index (κ2) is 5.19. The van der Waals surface area contributed by atoms with Gasteiger partial charge in [0, 0.05) is 17.7 Å². The topological polar surface area (TPSA) is 83.1 Å². The first-order valence-corrected chi connectivity index (χ1v) is 6.98. The summed E-state index contributed by atoms with van der Waals surface area (Å²) in [4.78, 5) is 11.9. The maximum absolute atomic E-state index is 12.1. The van der Waals surface area contributed by atoms with Gasteiger partial charge in [0.05, 0.1) is 12.2 Å². The fourth-order valence-electron chi connectivity index (χ4n) is 1.33. The van der Waals surface area contributed by atoms with Crippen molar-refractivity contribution in [3.8, 4) is 0 Å². The Bertz CT molecular complexity index is 558. The predicted octanol–water partition coefficient (Wildman–Crippen LogP) is 0.983. The van der Waals surface area contributed by atoms with E-state index in [4.69, 9.17) is 10.7 Å². The van der Waals surface area contributed by atoms with Crippen LogP contribution in [0.3, 0.4) is 0 Å². The van der Waals surface area contributed by atoms with Crippen LogP contribution in [0.4, 0.5) is 8.78 Å². The summed E-state index contributed by atoms with van der Waals surface area (Å²) in [6, 6.07) is 0. The zero-order chi connectivity index (χ0) is 14.1. The van der Waals surface area contributed by atoms with Gasteiger partial charge in [-0.1, -0.05) is 0 Å². The lowest BCUT2D eigenvalue weighted by Crippen LogP contribution is -2.32. The molecule has 0 radical (unpaired) electrons. The zero-order valence-corrected chi connectivity index (χ0v) is 11.0. The molecule has 18 heavy (non-hydrogen) atoms. The first-order valence-electron chi connectivity index (χ1n) is 4.67. The summed E-state index contributed by atoms with van der Waals surface area (Å²) in [5.74, 6) is -0.945. The molecule has 1 N–H and O–H groups in total. The number of rotatable bonds is 4. The van der Waals surface area contributed by atoms with E-state index in [0.717, 1.165) is 7.05 Å². The van der Waals surface area contributed by atoms with Crippen molar-refractivity contribution in [1.29, 1.82) is 0 Å². The van der Waals surface area contributed by atoms with E-state index >= 15 is 0 Å². The lowest BCUT2D eigenvalue weighted by atomic mass is 10.3. The molecule has 1 rings (SSSR count). The van der Waals surface area contributed by atoms with Crippen LogP contribution >= 0.6 is 10.7 Å². The van der Waals surface area contributed by atoms with Crippen LogP contribution in [0.25, 0.3) is 0 Å². The van der Waals surface area contributed by atoms with E-state index in [1.807, 2.05) is 0 Å². The van der Waals surface area contributed by atoms with Gasteiger partial charge in [0.25, 0.3) is 21.4 Å². The maximum atomic E-state index is 12.1. The molecule has 0 aromatic carbocycles. The van der Waals surface area contributed by atoms with Gasteiger partial charge >= 0.3 is 0 Å². The molecule has 0 unspecified atom stereocenters. The Morgan fingerprint density at radius 2 is 2.11 bits per heavy atom. The predicted molar refractivity (Wildman–Crippen MR) is 59.3 cm³/mol. The second-order valence-electron chi connectivity index (χ2n) is 3.54. The minimum atomic E-state index is -4.18. The van der Waals surface area contributed by atoms with Crippen LogP contribution in [0, 0.1) is 6.92 Å². The standard InChI is InChI=1S/C8H10ClF2N3O3S/c1-4-7(18(9,16)17)6(13-12-4)8(15)14(2)3-5(10)11/h5H,3H2,1-2H3,(H,12,13). The van der Waals surface area contributed by atoms with Crippen molar-refractivity contribution in [3.05, 3.63) is 11.4 Å². The van der Waals surface area contributed by atoms with E-state index in [0.29, 0.717) is 4.90 Å². The third-order valence-electron chi connectivity index (χ3n) is 2.10. The van der Waals surface area contributed by atoms with Crippen LogP contribution in [0.1, 0.15) is 16.2 Å². The maximum Gasteiger partial charge on any atom is 0.275 e. The molecule has 0 bridgehead atoms. The van der Waals surface area contributed by atoms with Crippen molar-refractivity contribution in [2.24, 2.45) is 0 Å². The number of hydrogen-bond acceptors (Lipinski definition) is 4. The summed E-state index contributed by atoms with van der Waals surface area (Å²) in [6.45, 7) is 0.526. The largest absolute Gasteiger partial charge is 0.335 e. The first kappa shape index (κ1) is 14.8. The number of carbonyl (C=O) groups excluding carboxylic acids is 1. The number of nitrogens with zero attached hydrogens (tertiary/aromatic N) is 2. The van der Waals surface area contributed by atoms with Crippen LogP contribution in [0.5, 0.6) is 0 Å². The molecule has 102 valence electrons. The fraction of sp³-hybridized carbons (Fsp3) is 0.500. The lowest BCUT2D eigenvalue weighted by molar-refractivity contribution is 0.0612. The van der Waals surface area contributed by atoms with Crippen molar-refractivity contribution in [2.75, 3.05) is 13.6 Å². The summed E-state index contributed by atoms with van der Waals surface area (Å²) < 4.78 is 46.8. The number of amides is 1. The summed E-state index contributed by atoms with van der Waals surface area (Å²) in [6.07, 6.45) is -2.73. The number of hydrogen-bond donors (Lipinski definition) is 1. The summed E-state index contributed by atoms with van der Waals surface area (Å²) >= 11 is 0. The van der Waals surface area contributed by atoms with Crippen LogP contribution in [-0.2, 0) is 9.05 Å². The average Bonchev–Trinajstić information content (AvgIpc) is 2.57. The Balaban J connectivity index is 3.16. The highest BCUT2D eigenvalue weighted by molar-refractivity contribution is 8.13. The highest BCUT2D eigenvalue weighted by Gasteiger charge is 2.29. The SMILES string of the molecule is Cc1[nH]nc(C(=O)N(C)CC(F)F)c1S(=O)(=O)Cl. The Morgan fingerprint density at radius 3 is 2.56 bits per heavy atom. The van der Waals surface area contributed by atoms with Gasteiger partial charge in [0.2, 0.25) is 0 Å². The number of alkyl halides is 2. The fourth-order valence-corrected chi connectivity index (χ4v) is 2.67. The molecule has 10 heteroatoms. The van der Waals surface area contributed by atoms with Gasteiger partial charge in [-0.25, -0.2) is 17.2 Å². The monoisotopic (exact) mass is 301 g/mol. The minimum absolute atomic E-state index is 0.0683. The van der Waals surface area contributed by atoms with Gasteiger partial charge in [-0.2, -0.15) is 5.10 Å². The van der Waals surface area contributed by atoms with Crippen LogP contribution in [0.2, 0.25) is 0 Å². The smallest absolute Gasteiger partial charge is 0.275 e. The highest BCUT2D eigenvalue weighted by atomic mass is 35.7. The Labute approximate surface area is 106 Å². The van der Waals surface area contributed by atoms with E-state index in [9.17, 15) is 22.0 Å². The van der Waals surface area contributed by atoms with Gasteiger partial charge in [-0.05, 0) is 6.92 Å². The number of aromatic amines is 1. The van der Waals surface area contributed by atoms with Gasteiger partial charge in [-0.15, -0.1) is 0 Å². The number of aromatic nitrogens is 2. The highest BCUT2D eigenvalue weighted by Crippen LogP contribution is 2.22. The van der Waals surface area contributed by atoms with Crippen molar-refractivity contribution in [2.45, 2.75) is 18.2 Å². The van der Waals surface area contributed by atoms with Crippen molar-refractivity contribution in [3.63, 3.8) is 0 Å². The molecule has 1 heterocycles. The molecular weight excluding hydrogens is 292 g/mol. The number of nitrogens with one attached hydrogen (secondary N) is 1. The first-order chi connectivity index (χ1) is 8.14. The number of aryl methyl sites for hydroxylation is 1. The van der Waals surface area contributed by atoms with Gasteiger partial charge < -0.3 is 4.90 Å². The van der Waals surface area contributed by atoms with Crippen molar-refractivity contribution < 1.29 is 22.0 Å². The third-order valence-corrected chi connectivity index (χ3v) is 3.55. The average molecular weight is 302 g/mol. The molecule has 0 fully saturated rings. The molecule has 0 saturated carbocycles. The number of carbonyl (C=O) groups is 1. The molecular formula is C8H10ClF2N3O3S. The van der Waals surface area contributed by atoms with E-state index in [-0.39, 0.29) is 5.69 Å². The normalized spacial score (nSPS) is 11.9. The molecule has 1 amide bonds. The number of halogens is 3. The molecule has 1 aromatic rings. The summed E-state index contributed by atoms with van der Waals surface area (Å²) in [7, 11) is 2.09. The van der Waals surface area contributed by atoms with E-state index < -0.39 is 38.5 Å². The molecule has 0 spiro atoms. The summed E-state index contributed by atoms with van der Waals surface area (Å²) in [5.41, 5.74) is -0.426. The van der Waals surface area contributed by atoms with E-state index in [1.54, 1.807) is 0 Å². The molecule has 0 aliphatic carbocycles. The van der Waals surface area contributed by atoms with Crippen molar-refractivity contribution in [1.82, 2.24) is 15.1 Å². The third kappa shape index (κ3) is 3.16. The van der Waals surface area contributed by atoms with Crippen LogP contribution < -0.4 is 0 Å². The van der Waals surface area contributed by atoms with Crippen LogP contribution in [0.15, 0.2) is 4.90 Å². The molecule has 0 atom stereocenters. The van der Waals surface area contributed by atoms with Gasteiger partial charge in [0.1, 0.15) is 4.90 Å². The zero-order valence-electron chi connectivity index (χ0n) is 9.45. The molecule has 0 aliphatic rings. The Morgan fingerprint density at radius 1 is 1.56 bits per heavy atom. The molecule has 0 saturated heterocycles. The quantitative estimate of drug-likeness (QED) is 0.840. The molecule has 6 nitrogen and oxygen atoms in total. The van der Waals surface area contributed by atoms with Crippen LogP contribution in [-0.4, -0.2) is 49.4 Å². The Kier molecular flexibility index (Phi) is 4.28. The van der Waals surface area contributed by atoms with Gasteiger partial charge in [-0.3, -0.25) is 9.89 Å². The minimum Gasteiger partial charge on any atom is -0.335 e. The molecule has 1 aromatic heterocycles. The summed E-state index contributed by atoms with van der Waals surface area (Å²) in [5, 5.41) is 5.77. The molecule has 0 aliphatic heterocycles. The number of H-pyrrole nitrogens is 1. The lowest BCUT2D eigenvalue weighted by Gasteiger charge is -2.15. The van der Waals surface area contributed by atoms with Gasteiger partial charge in [0.15, 0.2) is 5.69 Å². The Hall–Kier alpha value is -1.22. The van der Waals surface area contributed by atoms with E-state index in [2.05, 4.69) is 10.2 Å².